The van der Waals surface area contributed by atoms with Crippen molar-refractivity contribution in [2.24, 2.45) is 0 Å². The van der Waals surface area contributed by atoms with Gasteiger partial charge in [-0.3, -0.25) is 18.8 Å². The van der Waals surface area contributed by atoms with Crippen molar-refractivity contribution < 1.29 is 14.3 Å². The Morgan fingerprint density at radius 2 is 1.91 bits per heavy atom. The molecule has 1 aliphatic heterocycles. The number of anilines is 1. The first-order valence-corrected chi connectivity index (χ1v) is 10.8. The predicted molar refractivity (Wildman–Crippen MR) is 120 cm³/mol. The fraction of sp³-hybridized carbons (Fsp3) is 0.130. The Bertz CT molecular complexity index is 1370. The molecule has 3 heterocycles. The maximum absolute atomic E-state index is 13.4. The van der Waals surface area contributed by atoms with Crippen molar-refractivity contribution in [1.29, 1.82) is 0 Å². The van der Waals surface area contributed by atoms with Gasteiger partial charge >= 0.3 is 0 Å². The summed E-state index contributed by atoms with van der Waals surface area (Å²) in [7, 11) is 0. The third-order valence-corrected chi connectivity index (χ3v) is 5.96. The predicted octanol–water partition coefficient (Wildman–Crippen LogP) is 2.48. The first-order valence-electron chi connectivity index (χ1n) is 9.96. The van der Waals surface area contributed by atoms with Crippen molar-refractivity contribution in [3.8, 4) is 5.75 Å². The maximum atomic E-state index is 13.4. The summed E-state index contributed by atoms with van der Waals surface area (Å²) < 4.78 is 7.22. The van der Waals surface area contributed by atoms with Gasteiger partial charge in [0.05, 0.1) is 12.2 Å². The summed E-state index contributed by atoms with van der Waals surface area (Å²) in [6.45, 7) is 0.317. The zero-order valence-electron chi connectivity index (χ0n) is 16.8. The number of nitrogens with zero attached hydrogens (tertiary/aromatic N) is 3. The third kappa shape index (κ3) is 3.63. The lowest BCUT2D eigenvalue weighted by Gasteiger charge is -2.34. The van der Waals surface area contributed by atoms with Gasteiger partial charge in [-0.05, 0) is 17.7 Å². The fourth-order valence-electron chi connectivity index (χ4n) is 3.58. The van der Waals surface area contributed by atoms with Crippen molar-refractivity contribution in [2.75, 3.05) is 11.4 Å². The summed E-state index contributed by atoms with van der Waals surface area (Å²) in [5, 5.41) is 4.58. The van der Waals surface area contributed by atoms with Crippen LogP contribution in [0.3, 0.4) is 0 Å². The molecular weight excluding hydrogens is 428 g/mol. The number of ether oxygens (including phenoxy) is 1. The topological polar surface area (TPSA) is 93.0 Å². The molecule has 2 amide bonds. The lowest BCUT2D eigenvalue weighted by atomic mass is 10.1. The van der Waals surface area contributed by atoms with Crippen LogP contribution >= 0.6 is 11.3 Å². The number of amides is 2. The minimum absolute atomic E-state index is 0.0255. The summed E-state index contributed by atoms with van der Waals surface area (Å²) >= 11 is 1.31. The van der Waals surface area contributed by atoms with E-state index in [9.17, 15) is 14.4 Å². The molecule has 0 aliphatic carbocycles. The second-order valence-electron chi connectivity index (χ2n) is 7.23. The molecule has 0 saturated carbocycles. The summed E-state index contributed by atoms with van der Waals surface area (Å²) in [6.07, 6.45) is 1.95. The number of thiazole rings is 1. The molecule has 5 rings (SSSR count). The average molecular weight is 446 g/mol. The largest absolute Gasteiger partial charge is 0.477 e. The zero-order valence-corrected chi connectivity index (χ0v) is 17.6. The first kappa shape index (κ1) is 20.0. The van der Waals surface area contributed by atoms with Crippen molar-refractivity contribution in [1.82, 2.24) is 14.7 Å². The molecule has 0 saturated heterocycles. The minimum Gasteiger partial charge on any atom is -0.477 e. The van der Waals surface area contributed by atoms with E-state index in [-0.39, 0.29) is 18.0 Å². The van der Waals surface area contributed by atoms with Crippen LogP contribution in [0.4, 0.5) is 5.69 Å². The smallest absolute Gasteiger partial charge is 0.271 e. The molecule has 2 aromatic heterocycles. The number of fused-ring (bicyclic) bond motifs is 2. The molecule has 32 heavy (non-hydrogen) atoms. The number of benzene rings is 2. The van der Waals surface area contributed by atoms with Crippen molar-refractivity contribution in [3.05, 3.63) is 93.9 Å². The van der Waals surface area contributed by atoms with E-state index < -0.39 is 17.6 Å². The number of carbonyl (C=O) groups excluding carboxylic acids is 2. The second-order valence-corrected chi connectivity index (χ2v) is 8.10. The van der Waals surface area contributed by atoms with Crippen LogP contribution in [0.15, 0.2) is 77.2 Å². The van der Waals surface area contributed by atoms with Gasteiger partial charge in [-0.15, -0.1) is 11.3 Å². The monoisotopic (exact) mass is 446 g/mol. The molecule has 1 atom stereocenters. The number of hydrogen-bond donors (Lipinski definition) is 1. The van der Waals surface area contributed by atoms with Gasteiger partial charge in [-0.25, -0.2) is 4.98 Å². The molecule has 8 nitrogen and oxygen atoms in total. The molecule has 0 fully saturated rings. The second kappa shape index (κ2) is 8.27. The van der Waals surface area contributed by atoms with Crippen LogP contribution in [-0.2, 0) is 11.3 Å². The molecule has 4 aromatic rings. The standard InChI is InChI=1S/C23H18N4O4S/c28-20(24-12-15-6-2-1-3-7-15)19-14-27(17-8-4-5-9-18(17)31-19)22(30)16-13-25-23-26(21(16)29)10-11-32-23/h1-11,13,19H,12,14H2,(H,24,28). The number of rotatable bonds is 4. The molecule has 0 bridgehead atoms. The maximum Gasteiger partial charge on any atom is 0.271 e. The summed E-state index contributed by atoms with van der Waals surface area (Å²) in [5.74, 6) is -0.472. The van der Waals surface area contributed by atoms with Crippen molar-refractivity contribution >= 4 is 33.8 Å². The van der Waals surface area contributed by atoms with Crippen LogP contribution in [0.2, 0.25) is 0 Å². The molecule has 1 unspecified atom stereocenters. The molecular formula is C23H18N4O4S. The number of para-hydroxylation sites is 2. The average Bonchev–Trinajstić information content (AvgIpc) is 3.32. The minimum atomic E-state index is -0.918. The van der Waals surface area contributed by atoms with Gasteiger partial charge in [0.2, 0.25) is 0 Å². The van der Waals surface area contributed by atoms with E-state index in [1.807, 2.05) is 30.3 Å². The molecule has 0 spiro atoms. The Hall–Kier alpha value is -3.98. The highest BCUT2D eigenvalue weighted by Crippen LogP contribution is 2.34. The number of hydrogen-bond acceptors (Lipinski definition) is 6. The quantitative estimate of drug-likeness (QED) is 0.520. The molecule has 0 radical (unpaired) electrons. The van der Waals surface area contributed by atoms with Gasteiger partial charge < -0.3 is 15.0 Å². The Morgan fingerprint density at radius 3 is 2.75 bits per heavy atom. The normalized spacial score (nSPS) is 15.1. The Labute approximate surface area is 186 Å². The molecule has 1 aliphatic rings. The summed E-state index contributed by atoms with van der Waals surface area (Å²) in [6, 6.07) is 16.5. The van der Waals surface area contributed by atoms with Gasteiger partial charge in [-0.2, -0.15) is 0 Å². The van der Waals surface area contributed by atoms with Gasteiger partial charge in [0.1, 0.15) is 11.3 Å². The lowest BCUT2D eigenvalue weighted by molar-refractivity contribution is -0.127. The fourth-order valence-corrected chi connectivity index (χ4v) is 4.25. The van der Waals surface area contributed by atoms with E-state index in [0.29, 0.717) is 22.9 Å². The molecule has 1 N–H and O–H groups in total. The van der Waals surface area contributed by atoms with Gasteiger partial charge in [0.25, 0.3) is 17.4 Å². The van der Waals surface area contributed by atoms with Crippen LogP contribution in [0.25, 0.3) is 4.96 Å². The third-order valence-electron chi connectivity index (χ3n) is 5.19. The Morgan fingerprint density at radius 1 is 1.12 bits per heavy atom. The van der Waals surface area contributed by atoms with E-state index in [2.05, 4.69) is 10.3 Å². The Balaban J connectivity index is 1.43. The van der Waals surface area contributed by atoms with Crippen LogP contribution in [0.5, 0.6) is 5.75 Å². The first-order chi connectivity index (χ1) is 15.6. The van der Waals surface area contributed by atoms with E-state index in [1.54, 1.807) is 35.8 Å². The van der Waals surface area contributed by atoms with E-state index in [1.165, 1.54) is 26.8 Å². The summed E-state index contributed by atoms with van der Waals surface area (Å²) in [5.41, 5.74) is 0.934. The molecule has 160 valence electrons. The highest BCUT2D eigenvalue weighted by molar-refractivity contribution is 7.15. The molecule has 2 aromatic carbocycles. The number of carbonyl (C=O) groups is 2. The van der Waals surface area contributed by atoms with Gasteiger partial charge in [0, 0.05) is 24.3 Å². The van der Waals surface area contributed by atoms with Crippen LogP contribution in [0.1, 0.15) is 15.9 Å². The van der Waals surface area contributed by atoms with E-state index in [4.69, 9.17) is 4.74 Å². The lowest BCUT2D eigenvalue weighted by Crippen LogP contribution is -2.51. The SMILES string of the molecule is O=C(NCc1ccccc1)C1CN(C(=O)c2cnc3sccn3c2=O)c2ccccc2O1. The van der Waals surface area contributed by atoms with E-state index >= 15 is 0 Å². The van der Waals surface area contributed by atoms with Crippen LogP contribution < -0.4 is 20.5 Å². The highest BCUT2D eigenvalue weighted by Gasteiger charge is 2.35. The number of nitrogens with one attached hydrogen (secondary N) is 1. The van der Waals surface area contributed by atoms with Gasteiger partial charge in [0.15, 0.2) is 11.1 Å². The number of aromatic nitrogens is 2. The summed E-state index contributed by atoms with van der Waals surface area (Å²) in [4.78, 5) is 45.2. The van der Waals surface area contributed by atoms with Crippen molar-refractivity contribution in [3.63, 3.8) is 0 Å². The molecule has 9 heteroatoms. The van der Waals surface area contributed by atoms with Crippen molar-refractivity contribution in [2.45, 2.75) is 12.6 Å². The zero-order chi connectivity index (χ0) is 22.1. The van der Waals surface area contributed by atoms with E-state index in [0.717, 1.165) is 5.56 Å². The van der Waals surface area contributed by atoms with Crippen LogP contribution in [0, 0.1) is 0 Å². The highest BCUT2D eigenvalue weighted by atomic mass is 32.1. The van der Waals surface area contributed by atoms with Gasteiger partial charge in [-0.1, -0.05) is 42.5 Å². The Kier molecular flexibility index (Phi) is 5.16. The van der Waals surface area contributed by atoms with Crippen LogP contribution in [-0.4, -0.2) is 33.8 Å².